The number of rotatable bonds is 3. The maximum Gasteiger partial charge on any atom is 0.169 e. The van der Waals surface area contributed by atoms with E-state index >= 15 is 0 Å². The van der Waals surface area contributed by atoms with E-state index in [4.69, 9.17) is 0 Å². The van der Waals surface area contributed by atoms with Crippen LogP contribution in [0, 0.1) is 6.92 Å². The minimum Gasteiger partial charge on any atom is -0.294 e. The summed E-state index contributed by atoms with van der Waals surface area (Å²) in [5.41, 5.74) is 1.86. The van der Waals surface area contributed by atoms with Crippen LogP contribution in [0.2, 0.25) is 0 Å². The van der Waals surface area contributed by atoms with Crippen molar-refractivity contribution < 1.29 is 4.79 Å². The molecule has 1 heterocycles. The van der Waals surface area contributed by atoms with Crippen molar-refractivity contribution in [2.45, 2.75) is 13.3 Å². The van der Waals surface area contributed by atoms with Crippen molar-refractivity contribution in [3.05, 3.63) is 54.6 Å². The largest absolute Gasteiger partial charge is 0.294 e. The highest BCUT2D eigenvalue weighted by molar-refractivity contribution is 9.10. The molecular formula is C13H10Br2OS. The normalized spacial score (nSPS) is 10.5. The zero-order chi connectivity index (χ0) is 12.4. The second-order valence-corrected chi connectivity index (χ2v) is 6.58. The first-order chi connectivity index (χ1) is 8.06. The van der Waals surface area contributed by atoms with Gasteiger partial charge in [-0.1, -0.05) is 27.6 Å². The van der Waals surface area contributed by atoms with Crippen LogP contribution in [-0.2, 0) is 6.42 Å². The first-order valence-electron chi connectivity index (χ1n) is 5.08. The smallest absolute Gasteiger partial charge is 0.169 e. The zero-order valence-electron chi connectivity index (χ0n) is 9.17. The molecule has 0 aliphatic rings. The van der Waals surface area contributed by atoms with E-state index in [1.807, 2.05) is 36.6 Å². The quantitative estimate of drug-likeness (QED) is 0.691. The van der Waals surface area contributed by atoms with Gasteiger partial charge in [0.05, 0.1) is 0 Å². The molecule has 0 atom stereocenters. The topological polar surface area (TPSA) is 17.1 Å². The fourth-order valence-corrected chi connectivity index (χ4v) is 3.47. The average Bonchev–Trinajstić information content (AvgIpc) is 2.67. The molecule has 0 spiro atoms. The monoisotopic (exact) mass is 372 g/mol. The summed E-state index contributed by atoms with van der Waals surface area (Å²) in [6, 6.07) is 7.83. The number of carbonyl (C=O) groups is 1. The minimum atomic E-state index is 0.148. The van der Waals surface area contributed by atoms with Gasteiger partial charge in [0.2, 0.25) is 0 Å². The summed E-state index contributed by atoms with van der Waals surface area (Å²) in [5, 5.41) is 1.99. The lowest BCUT2D eigenvalue weighted by molar-refractivity contribution is 0.0993. The van der Waals surface area contributed by atoms with E-state index in [1.165, 1.54) is 0 Å². The van der Waals surface area contributed by atoms with Gasteiger partial charge in [0.15, 0.2) is 5.78 Å². The summed E-state index contributed by atoms with van der Waals surface area (Å²) in [7, 11) is 0. The Labute approximate surface area is 121 Å². The molecular weight excluding hydrogens is 364 g/mol. The van der Waals surface area contributed by atoms with Gasteiger partial charge in [0.25, 0.3) is 0 Å². The van der Waals surface area contributed by atoms with E-state index in [0.717, 1.165) is 24.9 Å². The van der Waals surface area contributed by atoms with Crippen LogP contribution in [0.5, 0.6) is 0 Å². The number of ketones is 1. The van der Waals surface area contributed by atoms with Gasteiger partial charge < -0.3 is 0 Å². The van der Waals surface area contributed by atoms with Crippen molar-refractivity contribution in [2.24, 2.45) is 0 Å². The lowest BCUT2D eigenvalue weighted by Gasteiger charge is -2.04. The summed E-state index contributed by atoms with van der Waals surface area (Å²) < 4.78 is 1.90. The highest BCUT2D eigenvalue weighted by Crippen LogP contribution is 2.24. The van der Waals surface area contributed by atoms with Crippen molar-refractivity contribution in [1.29, 1.82) is 0 Å². The molecule has 0 radical (unpaired) electrons. The predicted molar refractivity (Wildman–Crippen MR) is 78.9 cm³/mol. The molecule has 1 aromatic heterocycles. The van der Waals surface area contributed by atoms with E-state index in [2.05, 4.69) is 31.9 Å². The van der Waals surface area contributed by atoms with Crippen LogP contribution in [0.15, 0.2) is 38.6 Å². The Morgan fingerprint density at radius 2 is 2.06 bits per heavy atom. The van der Waals surface area contributed by atoms with Crippen LogP contribution in [0.1, 0.15) is 20.8 Å². The molecule has 0 bridgehead atoms. The standard InChI is InChI=1S/C13H10Br2OS/c1-8-2-3-12(15)11(4-8)13(16)6-10-5-9(14)7-17-10/h2-5,7H,6H2,1H3. The number of benzene rings is 1. The maximum atomic E-state index is 12.2. The third-order valence-corrected chi connectivity index (χ3v) is 4.77. The maximum absolute atomic E-state index is 12.2. The molecule has 0 amide bonds. The molecule has 0 fully saturated rings. The van der Waals surface area contributed by atoms with Crippen molar-refractivity contribution in [1.82, 2.24) is 0 Å². The van der Waals surface area contributed by atoms with Crippen LogP contribution >= 0.6 is 43.2 Å². The molecule has 0 unspecified atom stereocenters. The Bertz CT molecular complexity index is 560. The Kier molecular flexibility index (Phi) is 4.17. The number of aryl methyl sites for hydroxylation is 1. The molecule has 1 nitrogen and oxygen atoms in total. The van der Waals surface area contributed by atoms with Gasteiger partial charge in [0.1, 0.15) is 0 Å². The zero-order valence-corrected chi connectivity index (χ0v) is 13.2. The Morgan fingerprint density at radius 3 is 2.71 bits per heavy atom. The van der Waals surface area contributed by atoms with Gasteiger partial charge in [-0.3, -0.25) is 4.79 Å². The molecule has 2 rings (SSSR count). The third-order valence-electron chi connectivity index (χ3n) is 2.38. The highest BCUT2D eigenvalue weighted by atomic mass is 79.9. The Balaban J connectivity index is 2.22. The van der Waals surface area contributed by atoms with E-state index in [0.29, 0.717) is 6.42 Å². The van der Waals surface area contributed by atoms with Crippen LogP contribution < -0.4 is 0 Å². The number of Topliss-reactive ketones (excluding diaryl/α,β-unsaturated/α-hetero) is 1. The summed E-state index contributed by atoms with van der Waals surface area (Å²) in [6.07, 6.45) is 0.457. The van der Waals surface area contributed by atoms with Crippen molar-refractivity contribution >= 4 is 49.0 Å². The first kappa shape index (κ1) is 13.0. The molecule has 4 heteroatoms. The molecule has 1 aromatic carbocycles. The van der Waals surface area contributed by atoms with Gasteiger partial charge in [-0.2, -0.15) is 0 Å². The van der Waals surface area contributed by atoms with Gasteiger partial charge >= 0.3 is 0 Å². The fraction of sp³-hybridized carbons (Fsp3) is 0.154. The van der Waals surface area contributed by atoms with Crippen LogP contribution in [0.4, 0.5) is 0 Å². The van der Waals surface area contributed by atoms with E-state index in [1.54, 1.807) is 11.3 Å². The fourth-order valence-electron chi connectivity index (χ4n) is 1.55. The number of thiophene rings is 1. The van der Waals surface area contributed by atoms with Gasteiger partial charge in [-0.15, -0.1) is 11.3 Å². The minimum absolute atomic E-state index is 0.148. The average molecular weight is 374 g/mol. The van der Waals surface area contributed by atoms with Crippen LogP contribution in [0.25, 0.3) is 0 Å². The third kappa shape index (κ3) is 3.27. The molecule has 0 aliphatic carbocycles. The van der Waals surface area contributed by atoms with Crippen molar-refractivity contribution in [3.63, 3.8) is 0 Å². The first-order valence-corrected chi connectivity index (χ1v) is 7.55. The van der Waals surface area contributed by atoms with Crippen LogP contribution in [0.3, 0.4) is 0 Å². The van der Waals surface area contributed by atoms with Crippen molar-refractivity contribution in [3.8, 4) is 0 Å². The molecule has 0 saturated heterocycles. The number of halogens is 2. The SMILES string of the molecule is Cc1ccc(Br)c(C(=O)Cc2cc(Br)cs2)c1. The molecule has 2 aromatic rings. The number of hydrogen-bond donors (Lipinski definition) is 0. The lowest BCUT2D eigenvalue weighted by atomic mass is 10.1. The molecule has 88 valence electrons. The summed E-state index contributed by atoms with van der Waals surface area (Å²) in [5.74, 6) is 0.148. The number of carbonyl (C=O) groups excluding carboxylic acids is 1. The summed E-state index contributed by atoms with van der Waals surface area (Å²) in [4.78, 5) is 13.2. The van der Waals surface area contributed by atoms with Gasteiger partial charge in [-0.25, -0.2) is 0 Å². The number of hydrogen-bond acceptors (Lipinski definition) is 2. The van der Waals surface area contributed by atoms with Crippen molar-refractivity contribution in [2.75, 3.05) is 0 Å². The van der Waals surface area contributed by atoms with Gasteiger partial charge in [0, 0.05) is 31.2 Å². The predicted octanol–water partition coefficient (Wildman–Crippen LogP) is 5.01. The van der Waals surface area contributed by atoms with Gasteiger partial charge in [-0.05, 0) is 41.1 Å². The lowest BCUT2D eigenvalue weighted by Crippen LogP contribution is -2.03. The second-order valence-electron chi connectivity index (χ2n) is 3.81. The van der Waals surface area contributed by atoms with E-state index in [9.17, 15) is 4.79 Å². The Morgan fingerprint density at radius 1 is 1.29 bits per heavy atom. The molecule has 17 heavy (non-hydrogen) atoms. The summed E-state index contributed by atoms with van der Waals surface area (Å²) >= 11 is 8.42. The Hall–Kier alpha value is -0.450. The molecule has 0 aliphatic heterocycles. The molecule has 0 saturated carbocycles. The molecule has 0 N–H and O–H groups in total. The summed E-state index contributed by atoms with van der Waals surface area (Å²) in [6.45, 7) is 1.99. The second kappa shape index (κ2) is 5.46. The van der Waals surface area contributed by atoms with Crippen LogP contribution in [-0.4, -0.2) is 5.78 Å². The van der Waals surface area contributed by atoms with E-state index in [-0.39, 0.29) is 5.78 Å². The highest BCUT2D eigenvalue weighted by Gasteiger charge is 2.12. The van der Waals surface area contributed by atoms with E-state index < -0.39 is 0 Å².